The third kappa shape index (κ3) is 4.01. The van der Waals surface area contributed by atoms with Crippen molar-refractivity contribution in [2.75, 3.05) is 5.32 Å². The van der Waals surface area contributed by atoms with Gasteiger partial charge in [0.05, 0.1) is 10.6 Å². The molecule has 7 nitrogen and oxygen atoms in total. The van der Waals surface area contributed by atoms with E-state index >= 15 is 0 Å². The van der Waals surface area contributed by atoms with Gasteiger partial charge in [-0.05, 0) is 28.4 Å². The average molecular weight is 366 g/mol. The molecule has 0 aliphatic carbocycles. The van der Waals surface area contributed by atoms with Gasteiger partial charge >= 0.3 is 11.8 Å². The smallest absolute Gasteiger partial charge is 0.413 e. The van der Waals surface area contributed by atoms with E-state index in [4.69, 9.17) is 4.74 Å². The highest BCUT2D eigenvalue weighted by Gasteiger charge is 2.20. The van der Waals surface area contributed by atoms with E-state index in [1.54, 1.807) is 19.1 Å². The number of nitrogens with zero attached hydrogens (tertiary/aromatic N) is 2. The number of hydrogen-bond acceptors (Lipinski definition) is 5. The van der Waals surface area contributed by atoms with E-state index in [1.807, 2.05) is 18.2 Å². The summed E-state index contributed by atoms with van der Waals surface area (Å²) in [5.41, 5.74) is 1.02. The number of halogens is 1. The molecule has 114 valence electrons. The molecule has 0 saturated carbocycles. The molecule has 0 fully saturated rings. The van der Waals surface area contributed by atoms with Crippen LogP contribution in [0.5, 0.6) is 0 Å². The Morgan fingerprint density at radius 3 is 2.73 bits per heavy atom. The van der Waals surface area contributed by atoms with Crippen molar-refractivity contribution in [2.24, 2.45) is 0 Å². The second-order valence-electron chi connectivity index (χ2n) is 4.37. The van der Waals surface area contributed by atoms with Crippen molar-refractivity contribution >= 4 is 33.5 Å². The fourth-order valence-corrected chi connectivity index (χ4v) is 1.96. The number of nitrogens with one attached hydrogen (secondary N) is 1. The molecule has 0 radical (unpaired) electrons. The maximum atomic E-state index is 11.7. The first-order valence-electron chi connectivity index (χ1n) is 6.26. The molecule has 0 spiro atoms. The van der Waals surface area contributed by atoms with Crippen molar-refractivity contribution in [1.82, 2.24) is 4.98 Å². The highest BCUT2D eigenvalue weighted by molar-refractivity contribution is 9.10. The Bertz CT molecular complexity index is 707. The van der Waals surface area contributed by atoms with Crippen molar-refractivity contribution < 1.29 is 14.5 Å². The summed E-state index contributed by atoms with van der Waals surface area (Å²) < 4.78 is 5.50. The molecule has 1 N–H and O–H groups in total. The molecule has 1 aromatic carbocycles. The Kier molecular flexibility index (Phi) is 5.05. The molecule has 0 unspecified atom stereocenters. The van der Waals surface area contributed by atoms with Crippen LogP contribution in [0.3, 0.4) is 0 Å². The summed E-state index contributed by atoms with van der Waals surface area (Å²) in [4.78, 5) is 26.1. The number of anilines is 1. The molecule has 2 aromatic rings. The molecule has 22 heavy (non-hydrogen) atoms. The van der Waals surface area contributed by atoms with Crippen LogP contribution in [0.2, 0.25) is 0 Å². The summed E-state index contributed by atoms with van der Waals surface area (Å²) in [6, 6.07) is 10.4. The van der Waals surface area contributed by atoms with E-state index in [0.717, 1.165) is 5.56 Å². The number of carbonyl (C=O) groups excluding carboxylic acids is 1. The van der Waals surface area contributed by atoms with Crippen LogP contribution in [0.4, 0.5) is 16.3 Å². The molecule has 0 saturated heterocycles. The SMILES string of the molecule is Cc1nc(NC(=O)OCc2ccccc2)c([N+](=O)[O-])cc1Br. The lowest BCUT2D eigenvalue weighted by molar-refractivity contribution is -0.384. The zero-order valence-electron chi connectivity index (χ0n) is 11.6. The number of benzene rings is 1. The number of rotatable bonds is 4. The van der Waals surface area contributed by atoms with Crippen molar-refractivity contribution in [1.29, 1.82) is 0 Å². The first-order chi connectivity index (χ1) is 10.5. The molecule has 0 atom stereocenters. The lowest BCUT2D eigenvalue weighted by Crippen LogP contribution is -2.16. The number of nitro groups is 1. The van der Waals surface area contributed by atoms with Gasteiger partial charge in [-0.25, -0.2) is 9.78 Å². The number of amides is 1. The van der Waals surface area contributed by atoms with Gasteiger partial charge in [0.15, 0.2) is 0 Å². The predicted octanol–water partition coefficient (Wildman–Crippen LogP) is 3.81. The zero-order valence-corrected chi connectivity index (χ0v) is 13.2. The van der Waals surface area contributed by atoms with Gasteiger partial charge < -0.3 is 4.74 Å². The van der Waals surface area contributed by atoms with Crippen LogP contribution < -0.4 is 5.32 Å². The van der Waals surface area contributed by atoms with Gasteiger partial charge in [0.2, 0.25) is 5.82 Å². The van der Waals surface area contributed by atoms with Crippen LogP contribution >= 0.6 is 15.9 Å². The van der Waals surface area contributed by atoms with Crippen molar-refractivity contribution in [3.63, 3.8) is 0 Å². The number of carbonyl (C=O) groups is 1. The van der Waals surface area contributed by atoms with E-state index in [0.29, 0.717) is 10.2 Å². The van der Waals surface area contributed by atoms with Crippen LogP contribution in [-0.2, 0) is 11.3 Å². The standard InChI is InChI=1S/C14H12BrN3O4/c1-9-11(15)7-12(18(20)21)13(16-9)17-14(19)22-8-10-5-3-2-4-6-10/h2-7H,8H2,1H3,(H,16,17,19). The lowest BCUT2D eigenvalue weighted by atomic mass is 10.2. The van der Waals surface area contributed by atoms with Gasteiger partial charge in [0, 0.05) is 10.5 Å². The summed E-state index contributed by atoms with van der Waals surface area (Å²) in [5, 5.41) is 13.3. The molecule has 1 aromatic heterocycles. The Hall–Kier alpha value is -2.48. The van der Waals surface area contributed by atoms with Crippen LogP contribution in [0, 0.1) is 17.0 Å². The first-order valence-corrected chi connectivity index (χ1v) is 7.06. The van der Waals surface area contributed by atoms with Crippen LogP contribution in [0.15, 0.2) is 40.9 Å². The number of ether oxygens (including phenoxy) is 1. The summed E-state index contributed by atoms with van der Waals surface area (Å²) >= 11 is 3.17. The lowest BCUT2D eigenvalue weighted by Gasteiger charge is -2.08. The second kappa shape index (κ2) is 6.99. The van der Waals surface area contributed by atoms with Crippen LogP contribution in [0.1, 0.15) is 11.3 Å². The highest BCUT2D eigenvalue weighted by atomic mass is 79.9. The molecular formula is C14H12BrN3O4. The molecule has 0 aliphatic heterocycles. The topological polar surface area (TPSA) is 94.4 Å². The monoisotopic (exact) mass is 365 g/mol. The van der Waals surface area contributed by atoms with Gasteiger partial charge in [-0.3, -0.25) is 15.4 Å². The fraction of sp³-hybridized carbons (Fsp3) is 0.143. The summed E-state index contributed by atoms with van der Waals surface area (Å²) in [6.07, 6.45) is -0.804. The second-order valence-corrected chi connectivity index (χ2v) is 5.22. The number of aromatic nitrogens is 1. The Morgan fingerprint density at radius 2 is 2.09 bits per heavy atom. The van der Waals surface area contributed by atoms with Crippen LogP contribution in [0.25, 0.3) is 0 Å². The third-order valence-electron chi connectivity index (χ3n) is 2.76. The minimum atomic E-state index is -0.804. The fourth-order valence-electron chi connectivity index (χ4n) is 1.66. The first kappa shape index (κ1) is 15.9. The van der Waals surface area contributed by atoms with E-state index < -0.39 is 11.0 Å². The van der Waals surface area contributed by atoms with Gasteiger partial charge in [-0.15, -0.1) is 0 Å². The summed E-state index contributed by atoms with van der Waals surface area (Å²) in [5.74, 6) is -0.149. The normalized spacial score (nSPS) is 10.1. The third-order valence-corrected chi connectivity index (χ3v) is 3.56. The highest BCUT2D eigenvalue weighted by Crippen LogP contribution is 2.28. The minimum absolute atomic E-state index is 0.0655. The Balaban J connectivity index is 2.08. The maximum Gasteiger partial charge on any atom is 0.413 e. The molecule has 1 heterocycles. The molecule has 8 heteroatoms. The molecule has 2 rings (SSSR count). The average Bonchev–Trinajstić information content (AvgIpc) is 2.49. The van der Waals surface area contributed by atoms with Gasteiger partial charge in [-0.1, -0.05) is 30.3 Å². The van der Waals surface area contributed by atoms with Gasteiger partial charge in [0.25, 0.3) is 0 Å². The van der Waals surface area contributed by atoms with Gasteiger partial charge in [0.1, 0.15) is 6.61 Å². The molecule has 1 amide bonds. The quantitative estimate of drug-likeness (QED) is 0.656. The van der Waals surface area contributed by atoms with Gasteiger partial charge in [-0.2, -0.15) is 0 Å². The summed E-state index contributed by atoms with van der Waals surface area (Å²) in [6.45, 7) is 1.73. The molecule has 0 aliphatic rings. The van der Waals surface area contributed by atoms with E-state index in [1.165, 1.54) is 6.07 Å². The van der Waals surface area contributed by atoms with Crippen molar-refractivity contribution in [3.05, 3.63) is 62.2 Å². The van der Waals surface area contributed by atoms with Crippen molar-refractivity contribution in [2.45, 2.75) is 13.5 Å². The number of aryl methyl sites for hydroxylation is 1. The van der Waals surface area contributed by atoms with Crippen molar-refractivity contribution in [3.8, 4) is 0 Å². The minimum Gasteiger partial charge on any atom is -0.444 e. The Labute approximate surface area is 134 Å². The largest absolute Gasteiger partial charge is 0.444 e. The van der Waals surface area contributed by atoms with E-state index in [-0.39, 0.29) is 18.1 Å². The van der Waals surface area contributed by atoms with E-state index in [2.05, 4.69) is 26.2 Å². The maximum absolute atomic E-state index is 11.7. The van der Waals surface area contributed by atoms with E-state index in [9.17, 15) is 14.9 Å². The predicted molar refractivity (Wildman–Crippen MR) is 83.6 cm³/mol. The molecular weight excluding hydrogens is 354 g/mol. The zero-order chi connectivity index (χ0) is 16.1. The summed E-state index contributed by atoms with van der Waals surface area (Å²) in [7, 11) is 0. The number of pyridine rings is 1. The Morgan fingerprint density at radius 1 is 1.41 bits per heavy atom. The molecule has 0 bridgehead atoms. The number of hydrogen-bond donors (Lipinski definition) is 1. The van der Waals surface area contributed by atoms with Crippen LogP contribution in [-0.4, -0.2) is 16.0 Å².